The highest BCUT2D eigenvalue weighted by atomic mass is 35.5. The second-order valence-corrected chi connectivity index (χ2v) is 8.97. The number of carbonyl (C=O) groups excluding carboxylic acids is 3. The Hall–Kier alpha value is -4.66. The van der Waals surface area contributed by atoms with Crippen LogP contribution < -0.4 is 15.9 Å². The van der Waals surface area contributed by atoms with Gasteiger partial charge in [-0.15, -0.1) is 0 Å². The first-order valence-corrected chi connectivity index (χ1v) is 12.0. The first-order chi connectivity index (χ1) is 18.7. The number of nitrogens with two attached hydrogens (primary N) is 1. The molecule has 10 nitrogen and oxygen atoms in total. The summed E-state index contributed by atoms with van der Waals surface area (Å²) < 4.78 is 24.0. The van der Waals surface area contributed by atoms with Gasteiger partial charge in [0.15, 0.2) is 5.75 Å². The first-order valence-electron chi connectivity index (χ1n) is 11.2. The van der Waals surface area contributed by atoms with Crippen molar-refractivity contribution in [2.45, 2.75) is 13.0 Å². The lowest BCUT2D eigenvalue weighted by molar-refractivity contribution is -0.129. The molecule has 1 aliphatic rings. The normalized spacial score (nSPS) is 12.8. The van der Waals surface area contributed by atoms with Crippen LogP contribution in [0.25, 0.3) is 0 Å². The molecule has 3 N–H and O–H groups in total. The van der Waals surface area contributed by atoms with E-state index in [-0.39, 0.29) is 39.8 Å². The van der Waals surface area contributed by atoms with Gasteiger partial charge in [0.2, 0.25) is 5.71 Å². The largest absolute Gasteiger partial charge is 0.454 e. The number of hydrazone groups is 1. The van der Waals surface area contributed by atoms with E-state index in [1.807, 2.05) is 0 Å². The van der Waals surface area contributed by atoms with E-state index in [1.165, 1.54) is 24.3 Å². The van der Waals surface area contributed by atoms with Gasteiger partial charge in [-0.25, -0.2) is 14.0 Å². The van der Waals surface area contributed by atoms with Gasteiger partial charge in [0, 0.05) is 24.2 Å². The lowest BCUT2D eigenvalue weighted by Crippen LogP contribution is -2.37. The van der Waals surface area contributed by atoms with Crippen molar-refractivity contribution in [1.82, 2.24) is 4.90 Å². The number of nitrogens with zero attached hydrogens (tertiary/aromatic N) is 3. The van der Waals surface area contributed by atoms with Crippen molar-refractivity contribution in [3.63, 3.8) is 0 Å². The van der Waals surface area contributed by atoms with Crippen LogP contribution in [0.4, 0.5) is 14.9 Å². The average Bonchev–Trinajstić information content (AvgIpc) is 2.89. The van der Waals surface area contributed by atoms with Crippen molar-refractivity contribution in [2.75, 3.05) is 12.0 Å². The van der Waals surface area contributed by atoms with Gasteiger partial charge in [-0.2, -0.15) is 10.4 Å². The molecule has 3 aromatic rings. The van der Waals surface area contributed by atoms with E-state index in [4.69, 9.17) is 38.9 Å². The number of ether oxygens (including phenoxy) is 2. The van der Waals surface area contributed by atoms with E-state index < -0.39 is 17.8 Å². The third-order valence-corrected chi connectivity index (χ3v) is 6.13. The van der Waals surface area contributed by atoms with Gasteiger partial charge < -0.3 is 20.1 Å². The summed E-state index contributed by atoms with van der Waals surface area (Å²) in [5.41, 5.74) is 8.28. The van der Waals surface area contributed by atoms with Crippen LogP contribution in [0.1, 0.15) is 21.5 Å². The number of anilines is 1. The van der Waals surface area contributed by atoms with Gasteiger partial charge in [0.1, 0.15) is 17.6 Å². The Morgan fingerprint density at radius 3 is 2.54 bits per heavy atom. The number of nitrogens with one attached hydrogen (secondary N) is 1. The maximum Gasteiger partial charge on any atom is 0.412 e. The number of primary amides is 1. The fourth-order valence-corrected chi connectivity index (χ4v) is 4.34. The number of fused-ring (bicyclic) bond motifs is 1. The van der Waals surface area contributed by atoms with E-state index in [0.29, 0.717) is 29.8 Å². The molecule has 0 unspecified atom stereocenters. The molecule has 0 fully saturated rings. The number of hydrogen-bond acceptors (Lipinski definition) is 8. The average molecular weight is 570 g/mol. The molecule has 198 valence electrons. The lowest BCUT2D eigenvalue weighted by atomic mass is 9.98. The van der Waals surface area contributed by atoms with Gasteiger partial charge in [0.25, 0.3) is 5.91 Å². The van der Waals surface area contributed by atoms with E-state index in [2.05, 4.69) is 15.3 Å². The van der Waals surface area contributed by atoms with Gasteiger partial charge in [-0.1, -0.05) is 41.4 Å². The summed E-state index contributed by atoms with van der Waals surface area (Å²) in [6, 6.07) is 15.5. The predicted octanol–water partition coefficient (Wildman–Crippen LogP) is 5.04. The van der Waals surface area contributed by atoms with Crippen molar-refractivity contribution in [2.24, 2.45) is 10.8 Å². The minimum atomic E-state index is -1.39. The highest BCUT2D eigenvalue weighted by Gasteiger charge is 2.26. The molecule has 1 aliphatic heterocycles. The smallest absolute Gasteiger partial charge is 0.412 e. The molecule has 0 saturated heterocycles. The second-order valence-electron chi connectivity index (χ2n) is 8.15. The molecule has 1 heterocycles. The lowest BCUT2D eigenvalue weighted by Gasteiger charge is -2.29. The number of nitriles is 1. The van der Waals surface area contributed by atoms with Gasteiger partial charge in [0.05, 0.1) is 15.7 Å². The number of rotatable bonds is 7. The zero-order valence-electron chi connectivity index (χ0n) is 19.9. The zero-order chi connectivity index (χ0) is 28.1. The summed E-state index contributed by atoms with van der Waals surface area (Å²) in [5.74, 6) is -1.42. The highest BCUT2D eigenvalue weighted by Crippen LogP contribution is 2.39. The Bertz CT molecular complexity index is 1530. The van der Waals surface area contributed by atoms with Crippen LogP contribution in [-0.4, -0.2) is 35.1 Å². The summed E-state index contributed by atoms with van der Waals surface area (Å²) >= 11 is 12.7. The molecule has 0 saturated carbocycles. The molecule has 0 bridgehead atoms. The monoisotopic (exact) mass is 569 g/mol. The number of halogens is 3. The van der Waals surface area contributed by atoms with Crippen molar-refractivity contribution in [1.29, 1.82) is 5.26 Å². The van der Waals surface area contributed by atoms with E-state index in [9.17, 15) is 18.8 Å². The second kappa shape index (κ2) is 11.8. The Morgan fingerprint density at radius 1 is 1.15 bits per heavy atom. The van der Waals surface area contributed by atoms with Crippen LogP contribution in [0.5, 0.6) is 11.5 Å². The SMILES string of the molecule is N#CC(=NNc1cc(Cl)c(Oc2ccc3c(c2)CCN(Cc2ccccc2F)C3=O)c(Cl)c1)C(=O)OC(N)=O. The Morgan fingerprint density at radius 2 is 1.87 bits per heavy atom. The summed E-state index contributed by atoms with van der Waals surface area (Å²) in [4.78, 5) is 36.9. The first kappa shape index (κ1) is 27.4. The molecular weight excluding hydrogens is 552 g/mol. The van der Waals surface area contributed by atoms with Gasteiger partial charge >= 0.3 is 12.1 Å². The maximum atomic E-state index is 14.1. The molecule has 4 rings (SSSR count). The van der Waals surface area contributed by atoms with Crippen LogP contribution in [0, 0.1) is 17.1 Å². The molecule has 3 aromatic carbocycles. The Labute approximate surface area is 231 Å². The Balaban J connectivity index is 1.47. The molecule has 0 radical (unpaired) electrons. The maximum absolute atomic E-state index is 14.1. The van der Waals surface area contributed by atoms with Crippen LogP contribution in [0.15, 0.2) is 59.7 Å². The number of esters is 1. The number of benzene rings is 3. The quantitative estimate of drug-likeness (QED) is 0.175. The fourth-order valence-electron chi connectivity index (χ4n) is 3.78. The van der Waals surface area contributed by atoms with Gasteiger partial charge in [-0.05, 0) is 48.4 Å². The molecule has 39 heavy (non-hydrogen) atoms. The van der Waals surface area contributed by atoms with E-state index in [1.54, 1.807) is 41.3 Å². The highest BCUT2D eigenvalue weighted by molar-refractivity contribution is 6.44. The summed E-state index contributed by atoms with van der Waals surface area (Å²) in [5, 5.41) is 12.7. The van der Waals surface area contributed by atoms with Crippen LogP contribution in [-0.2, 0) is 22.5 Å². The topological polar surface area (TPSA) is 147 Å². The number of hydrogen-bond donors (Lipinski definition) is 2. The number of carbonyl (C=O) groups is 3. The molecule has 2 amide bonds. The molecular formula is C26H18Cl2FN5O5. The van der Waals surface area contributed by atoms with Crippen molar-refractivity contribution < 1.29 is 28.2 Å². The number of amides is 2. The minimum Gasteiger partial charge on any atom is -0.454 e. The molecule has 0 spiro atoms. The fraction of sp³-hybridized carbons (Fsp3) is 0.115. The zero-order valence-corrected chi connectivity index (χ0v) is 21.4. The molecule has 13 heteroatoms. The summed E-state index contributed by atoms with van der Waals surface area (Å²) in [6.07, 6.45) is -0.851. The van der Waals surface area contributed by atoms with Crippen molar-refractivity contribution >= 4 is 52.6 Å². The summed E-state index contributed by atoms with van der Waals surface area (Å²) in [6.45, 7) is 0.574. The minimum absolute atomic E-state index is 0.0725. The van der Waals surface area contributed by atoms with Crippen LogP contribution in [0.3, 0.4) is 0 Å². The Kier molecular flexibility index (Phi) is 8.29. The molecule has 0 atom stereocenters. The van der Waals surface area contributed by atoms with E-state index >= 15 is 0 Å². The van der Waals surface area contributed by atoms with Crippen molar-refractivity contribution in [3.05, 3.63) is 87.2 Å². The standard InChI is InChI=1S/C26H18Cl2FN5O5/c27-19-10-16(32-33-22(12-30)25(36)39-26(31)37)11-20(28)23(19)38-17-5-6-18-14(9-17)7-8-34(24(18)35)13-15-3-1-2-4-21(15)29/h1-6,9-11,32H,7-8,13H2,(H2,31,37). The summed E-state index contributed by atoms with van der Waals surface area (Å²) in [7, 11) is 0. The van der Waals surface area contributed by atoms with Crippen molar-refractivity contribution in [3.8, 4) is 17.6 Å². The van der Waals surface area contributed by atoms with Crippen LogP contribution >= 0.6 is 23.2 Å². The van der Waals surface area contributed by atoms with Gasteiger partial charge in [-0.3, -0.25) is 10.2 Å². The predicted molar refractivity (Wildman–Crippen MR) is 140 cm³/mol. The van der Waals surface area contributed by atoms with Crippen LogP contribution in [0.2, 0.25) is 10.0 Å². The third kappa shape index (κ3) is 6.43. The van der Waals surface area contributed by atoms with E-state index in [0.717, 1.165) is 5.56 Å². The third-order valence-electron chi connectivity index (χ3n) is 5.57. The molecule has 0 aromatic heterocycles. The molecule has 0 aliphatic carbocycles.